The van der Waals surface area contributed by atoms with Crippen molar-refractivity contribution >= 4 is 28.6 Å². The molecule has 0 spiro atoms. The van der Waals surface area contributed by atoms with E-state index >= 15 is 0 Å². The fourth-order valence-electron chi connectivity index (χ4n) is 3.05. The summed E-state index contributed by atoms with van der Waals surface area (Å²) in [6, 6.07) is 17.4. The average molecular weight is 455 g/mol. The second-order valence-corrected chi connectivity index (χ2v) is 7.87. The molecule has 0 fully saturated rings. The number of hydrogen-bond acceptors (Lipinski definition) is 6. The molecule has 6 nitrogen and oxygen atoms in total. The maximum atomic E-state index is 12.7. The smallest absolute Gasteiger partial charge is 0.387 e. The lowest BCUT2D eigenvalue weighted by atomic mass is 10.2. The number of ether oxygens (including phenoxy) is 1. The Morgan fingerprint density at radius 3 is 2.59 bits per heavy atom. The first-order chi connectivity index (χ1) is 15.5. The number of carbonyl (C=O) groups is 1. The molecule has 0 aliphatic heterocycles. The van der Waals surface area contributed by atoms with Crippen molar-refractivity contribution < 1.29 is 22.7 Å². The zero-order valence-electron chi connectivity index (χ0n) is 17.1. The van der Waals surface area contributed by atoms with Crippen molar-refractivity contribution in [2.24, 2.45) is 0 Å². The maximum Gasteiger partial charge on any atom is 0.387 e. The normalized spacial score (nSPS) is 11.1. The van der Waals surface area contributed by atoms with E-state index in [9.17, 15) is 13.6 Å². The topological polar surface area (TPSA) is 68.5 Å². The molecule has 0 atom stereocenters. The highest BCUT2D eigenvalue weighted by molar-refractivity contribution is 8.00. The summed E-state index contributed by atoms with van der Waals surface area (Å²) < 4.78 is 34.3. The van der Waals surface area contributed by atoms with Gasteiger partial charge < -0.3 is 14.1 Å². The van der Waals surface area contributed by atoms with E-state index in [-0.39, 0.29) is 17.4 Å². The molecular formula is C23H19F2N3O3S. The van der Waals surface area contributed by atoms with Gasteiger partial charge in [-0.2, -0.15) is 8.78 Å². The van der Waals surface area contributed by atoms with Crippen LogP contribution in [0.15, 0.2) is 76.4 Å². The number of amides is 1. The number of carbonyl (C=O) groups excluding carboxylic acids is 1. The van der Waals surface area contributed by atoms with E-state index in [1.165, 1.54) is 23.9 Å². The van der Waals surface area contributed by atoms with Gasteiger partial charge in [-0.15, -0.1) is 0 Å². The van der Waals surface area contributed by atoms with Crippen LogP contribution < -0.4 is 4.74 Å². The quantitative estimate of drug-likeness (QED) is 0.267. The summed E-state index contributed by atoms with van der Waals surface area (Å²) in [5.41, 5.74) is 1.57. The SMILES string of the molecule is CN(Cc1ccc(OC(F)F)cc1)C(=O)CSc1nc(-c2ccco2)nc2ccccc12. The van der Waals surface area contributed by atoms with Gasteiger partial charge in [-0.25, -0.2) is 9.97 Å². The van der Waals surface area contributed by atoms with Crippen LogP contribution in [0.1, 0.15) is 5.56 Å². The third-order valence-electron chi connectivity index (χ3n) is 4.64. The number of halogens is 2. The van der Waals surface area contributed by atoms with Crippen LogP contribution in [0.5, 0.6) is 5.75 Å². The van der Waals surface area contributed by atoms with Crippen molar-refractivity contribution in [3.05, 3.63) is 72.5 Å². The number of benzene rings is 2. The van der Waals surface area contributed by atoms with Crippen molar-refractivity contribution in [2.45, 2.75) is 18.2 Å². The Labute approximate surface area is 187 Å². The van der Waals surface area contributed by atoms with Gasteiger partial charge in [0, 0.05) is 19.0 Å². The molecule has 32 heavy (non-hydrogen) atoms. The minimum atomic E-state index is -2.87. The minimum absolute atomic E-state index is 0.0799. The molecule has 0 saturated carbocycles. The van der Waals surface area contributed by atoms with Crippen LogP contribution in [0.25, 0.3) is 22.5 Å². The Bertz CT molecular complexity index is 1200. The molecule has 4 aromatic rings. The van der Waals surface area contributed by atoms with Crippen molar-refractivity contribution in [3.8, 4) is 17.3 Å². The standard InChI is InChI=1S/C23H19F2N3O3S/c1-28(13-15-8-10-16(11-9-15)31-23(24)25)20(29)14-32-22-17-5-2-3-6-18(17)26-21(27-22)19-7-4-12-30-19/h2-12,23H,13-14H2,1H3. The first-order valence-electron chi connectivity index (χ1n) is 9.71. The van der Waals surface area contributed by atoms with E-state index in [0.717, 1.165) is 16.5 Å². The van der Waals surface area contributed by atoms with Gasteiger partial charge >= 0.3 is 6.61 Å². The third kappa shape index (κ3) is 5.23. The van der Waals surface area contributed by atoms with Crippen molar-refractivity contribution in [2.75, 3.05) is 12.8 Å². The minimum Gasteiger partial charge on any atom is -0.461 e. The number of hydrogen-bond donors (Lipinski definition) is 0. The van der Waals surface area contributed by atoms with Crippen LogP contribution in [-0.2, 0) is 11.3 Å². The molecule has 0 radical (unpaired) electrons. The zero-order valence-corrected chi connectivity index (χ0v) is 17.9. The average Bonchev–Trinajstić information content (AvgIpc) is 3.33. The number of alkyl halides is 2. The number of nitrogens with zero attached hydrogens (tertiary/aromatic N) is 3. The van der Waals surface area contributed by atoms with E-state index in [2.05, 4.69) is 14.7 Å². The van der Waals surface area contributed by atoms with Gasteiger partial charge in [0.05, 0.1) is 17.5 Å². The largest absolute Gasteiger partial charge is 0.461 e. The number of aromatic nitrogens is 2. The number of fused-ring (bicyclic) bond motifs is 1. The summed E-state index contributed by atoms with van der Waals surface area (Å²) in [5.74, 6) is 1.19. The molecule has 0 N–H and O–H groups in total. The summed E-state index contributed by atoms with van der Waals surface area (Å²) in [6.07, 6.45) is 1.56. The Morgan fingerprint density at radius 2 is 1.88 bits per heavy atom. The second kappa shape index (κ2) is 9.78. The van der Waals surface area contributed by atoms with Crippen molar-refractivity contribution in [3.63, 3.8) is 0 Å². The van der Waals surface area contributed by atoms with Crippen LogP contribution in [0, 0.1) is 0 Å². The fraction of sp³-hybridized carbons (Fsp3) is 0.174. The van der Waals surface area contributed by atoms with Crippen molar-refractivity contribution in [1.82, 2.24) is 14.9 Å². The summed E-state index contributed by atoms with van der Waals surface area (Å²) in [6.45, 7) is -2.52. The van der Waals surface area contributed by atoms with Gasteiger partial charge in [-0.3, -0.25) is 4.79 Å². The molecule has 2 heterocycles. The Kier molecular flexibility index (Phi) is 6.65. The second-order valence-electron chi connectivity index (χ2n) is 6.91. The van der Waals surface area contributed by atoms with E-state index in [0.29, 0.717) is 23.2 Å². The highest BCUT2D eigenvalue weighted by Gasteiger charge is 2.15. The molecular weight excluding hydrogens is 436 g/mol. The number of thioether (sulfide) groups is 1. The summed E-state index contributed by atoms with van der Waals surface area (Å²) in [7, 11) is 1.69. The van der Waals surface area contributed by atoms with E-state index < -0.39 is 6.61 Å². The first kappa shape index (κ1) is 21.8. The summed E-state index contributed by atoms with van der Waals surface area (Å²) in [5, 5.41) is 1.55. The van der Waals surface area contributed by atoms with Crippen LogP contribution in [-0.4, -0.2) is 40.2 Å². The van der Waals surface area contributed by atoms with Gasteiger partial charge in [-0.05, 0) is 35.9 Å². The molecule has 4 rings (SSSR count). The molecule has 1 amide bonds. The number of rotatable bonds is 8. The monoisotopic (exact) mass is 455 g/mol. The van der Waals surface area contributed by atoms with E-state index in [1.54, 1.807) is 42.5 Å². The Balaban J connectivity index is 1.44. The third-order valence-corrected chi connectivity index (χ3v) is 5.61. The van der Waals surface area contributed by atoms with E-state index in [4.69, 9.17) is 4.42 Å². The molecule has 0 bridgehead atoms. The van der Waals surface area contributed by atoms with Crippen LogP contribution in [0.3, 0.4) is 0 Å². The van der Waals surface area contributed by atoms with Crippen molar-refractivity contribution in [1.29, 1.82) is 0 Å². The molecule has 164 valence electrons. The predicted molar refractivity (Wildman–Crippen MR) is 118 cm³/mol. The molecule has 9 heteroatoms. The highest BCUT2D eigenvalue weighted by Crippen LogP contribution is 2.28. The lowest BCUT2D eigenvalue weighted by Gasteiger charge is -2.17. The highest BCUT2D eigenvalue weighted by atomic mass is 32.2. The maximum absolute atomic E-state index is 12.7. The van der Waals surface area contributed by atoms with Gasteiger partial charge in [0.1, 0.15) is 10.8 Å². The summed E-state index contributed by atoms with van der Waals surface area (Å²) >= 11 is 1.33. The number of furan rings is 1. The number of para-hydroxylation sites is 1. The lowest BCUT2D eigenvalue weighted by molar-refractivity contribution is -0.127. The fourth-order valence-corrected chi connectivity index (χ4v) is 4.01. The van der Waals surface area contributed by atoms with Crippen LogP contribution in [0.2, 0.25) is 0 Å². The molecule has 2 aromatic heterocycles. The van der Waals surface area contributed by atoms with Crippen LogP contribution >= 0.6 is 11.8 Å². The molecule has 0 saturated heterocycles. The van der Waals surface area contributed by atoms with E-state index in [1.807, 2.05) is 24.3 Å². The molecule has 0 unspecified atom stereocenters. The van der Waals surface area contributed by atoms with Gasteiger partial charge in [0.25, 0.3) is 0 Å². The summed E-state index contributed by atoms with van der Waals surface area (Å²) in [4.78, 5) is 23.4. The van der Waals surface area contributed by atoms with Crippen LogP contribution in [0.4, 0.5) is 8.78 Å². The van der Waals surface area contributed by atoms with Gasteiger partial charge in [0.15, 0.2) is 11.6 Å². The van der Waals surface area contributed by atoms with Gasteiger partial charge in [-0.1, -0.05) is 42.1 Å². The Hall–Kier alpha value is -3.46. The molecule has 2 aromatic carbocycles. The first-order valence-corrected chi connectivity index (χ1v) is 10.7. The molecule has 0 aliphatic rings. The predicted octanol–water partition coefficient (Wildman–Crippen LogP) is 5.24. The molecule has 0 aliphatic carbocycles. The van der Waals surface area contributed by atoms with Gasteiger partial charge in [0.2, 0.25) is 5.91 Å². The zero-order chi connectivity index (χ0) is 22.5. The Morgan fingerprint density at radius 1 is 1.09 bits per heavy atom. The lowest BCUT2D eigenvalue weighted by Crippen LogP contribution is -2.27.